The van der Waals surface area contributed by atoms with Gasteiger partial charge in [-0.3, -0.25) is 37.3 Å². The molecule has 19 heteroatoms. The third-order valence-corrected chi connectivity index (χ3v) is 16.2. The zero-order valence-electron chi connectivity index (χ0n) is 51.9. The van der Waals surface area contributed by atoms with Crippen LogP contribution in [-0.4, -0.2) is 96.7 Å². The highest BCUT2D eigenvalue weighted by atomic mass is 31.2. The monoisotopic (exact) mass is 1200 g/mol. The Bertz CT molecular complexity index is 1580. The standard InChI is InChI=1S/C62H120O17P2/c1-6-9-12-15-17-19-21-22-23-28-31-36-41-46-60(65)73-52-58(79-62(67)48-43-38-33-29-25-24-26-30-35-39-44-55(4)5)54-77-81(70,71)75-50-56(63)49-74-80(68,69)76-53-57(51-72-59(64)45-40-34-14-11-8-3)78-61(66)47-42-37-32-27-20-18-16-13-10-7-2/h55-58,63H,6-54H2,1-5H3,(H,68,69)(H,70,71)/t56-,57+,58+/m0/s1. The lowest BCUT2D eigenvalue weighted by Gasteiger charge is -2.21. The number of carbonyl (C=O) groups excluding carboxylic acids is 4. The third kappa shape index (κ3) is 56.9. The van der Waals surface area contributed by atoms with Crippen LogP contribution in [0.25, 0.3) is 0 Å². The molecule has 0 heterocycles. The summed E-state index contributed by atoms with van der Waals surface area (Å²) < 4.78 is 67.7. The van der Waals surface area contributed by atoms with Crippen LogP contribution in [-0.2, 0) is 65.4 Å². The highest BCUT2D eigenvalue weighted by Crippen LogP contribution is 2.45. The molecular weight excluding hydrogens is 1080 g/mol. The van der Waals surface area contributed by atoms with Crippen molar-refractivity contribution >= 4 is 39.5 Å². The molecule has 0 aromatic heterocycles. The number of phosphoric acid groups is 2. The van der Waals surface area contributed by atoms with Crippen LogP contribution in [0.2, 0.25) is 0 Å². The van der Waals surface area contributed by atoms with Gasteiger partial charge in [0.15, 0.2) is 12.2 Å². The van der Waals surface area contributed by atoms with Crippen LogP contribution < -0.4 is 0 Å². The fourth-order valence-electron chi connectivity index (χ4n) is 9.23. The van der Waals surface area contributed by atoms with Crippen LogP contribution in [0.15, 0.2) is 0 Å². The second-order valence-electron chi connectivity index (χ2n) is 22.9. The van der Waals surface area contributed by atoms with E-state index in [1.165, 1.54) is 128 Å². The van der Waals surface area contributed by atoms with E-state index in [-0.39, 0.29) is 25.7 Å². The van der Waals surface area contributed by atoms with Crippen LogP contribution >= 0.6 is 15.6 Å². The van der Waals surface area contributed by atoms with E-state index in [0.717, 1.165) is 102 Å². The maximum Gasteiger partial charge on any atom is 0.472 e. The summed E-state index contributed by atoms with van der Waals surface area (Å²) in [5.74, 6) is -1.39. The first-order chi connectivity index (χ1) is 39.0. The SMILES string of the molecule is CCCCCCCCCCCCCCCC(=O)OC[C@H](COP(=O)(O)OC[C@@H](O)COP(=O)(O)OC[C@@H](COC(=O)CCCCCCC)OC(=O)CCCCCCCCCCCC)OC(=O)CCCCCCCCCCCCC(C)C. The number of aliphatic hydroxyl groups excluding tert-OH is 1. The second kappa shape index (κ2) is 55.9. The summed E-state index contributed by atoms with van der Waals surface area (Å²) >= 11 is 0. The van der Waals surface area contributed by atoms with Crippen LogP contribution in [0.5, 0.6) is 0 Å². The van der Waals surface area contributed by atoms with Gasteiger partial charge in [-0.1, -0.05) is 259 Å². The normalized spacial score (nSPS) is 14.3. The Morgan fingerprint density at radius 1 is 0.333 bits per heavy atom. The minimum atomic E-state index is -4.94. The van der Waals surface area contributed by atoms with Crippen molar-refractivity contribution in [2.75, 3.05) is 39.6 Å². The molecule has 480 valence electrons. The Morgan fingerprint density at radius 2 is 0.568 bits per heavy atom. The van der Waals surface area contributed by atoms with Crippen molar-refractivity contribution in [3.05, 3.63) is 0 Å². The van der Waals surface area contributed by atoms with Gasteiger partial charge in [-0.2, -0.15) is 0 Å². The Morgan fingerprint density at radius 3 is 0.840 bits per heavy atom. The van der Waals surface area contributed by atoms with Crippen molar-refractivity contribution in [2.24, 2.45) is 5.92 Å². The maximum atomic E-state index is 13.0. The number of phosphoric ester groups is 2. The van der Waals surface area contributed by atoms with E-state index in [1.54, 1.807) is 0 Å². The lowest BCUT2D eigenvalue weighted by molar-refractivity contribution is -0.161. The Hall–Kier alpha value is -1.94. The number of carbonyl (C=O) groups is 4. The van der Waals surface area contributed by atoms with Gasteiger partial charge in [0.25, 0.3) is 0 Å². The molecule has 0 aliphatic carbocycles. The van der Waals surface area contributed by atoms with Gasteiger partial charge in [0.2, 0.25) is 0 Å². The predicted molar refractivity (Wildman–Crippen MR) is 322 cm³/mol. The number of unbranched alkanes of at least 4 members (excludes halogenated alkanes) is 34. The summed E-state index contributed by atoms with van der Waals surface area (Å²) in [4.78, 5) is 71.9. The smallest absolute Gasteiger partial charge is 0.462 e. The van der Waals surface area contributed by atoms with Gasteiger partial charge in [-0.25, -0.2) is 9.13 Å². The molecule has 0 radical (unpaired) electrons. The lowest BCUT2D eigenvalue weighted by atomic mass is 10.0. The molecule has 0 saturated heterocycles. The summed E-state index contributed by atoms with van der Waals surface area (Å²) in [6.07, 6.45) is 39.2. The summed E-state index contributed by atoms with van der Waals surface area (Å²) in [5, 5.41) is 10.5. The molecule has 17 nitrogen and oxygen atoms in total. The number of hydrogen-bond donors (Lipinski definition) is 3. The fourth-order valence-corrected chi connectivity index (χ4v) is 10.8. The molecule has 0 amide bonds. The topological polar surface area (TPSA) is 237 Å². The van der Waals surface area contributed by atoms with Crippen molar-refractivity contribution in [1.82, 2.24) is 0 Å². The van der Waals surface area contributed by atoms with Crippen LogP contribution in [0.3, 0.4) is 0 Å². The molecule has 0 aromatic carbocycles. The largest absolute Gasteiger partial charge is 0.472 e. The van der Waals surface area contributed by atoms with E-state index in [4.69, 9.17) is 37.0 Å². The van der Waals surface area contributed by atoms with Crippen LogP contribution in [0.4, 0.5) is 0 Å². The molecule has 0 aliphatic heterocycles. The van der Waals surface area contributed by atoms with Crippen LogP contribution in [0, 0.1) is 5.92 Å². The summed E-state index contributed by atoms with van der Waals surface area (Å²) in [6, 6.07) is 0. The lowest BCUT2D eigenvalue weighted by Crippen LogP contribution is -2.30. The van der Waals surface area contributed by atoms with E-state index in [0.29, 0.717) is 25.7 Å². The van der Waals surface area contributed by atoms with Crippen molar-refractivity contribution in [1.29, 1.82) is 0 Å². The Kier molecular flexibility index (Phi) is 54.6. The maximum absolute atomic E-state index is 13.0. The highest BCUT2D eigenvalue weighted by molar-refractivity contribution is 7.47. The molecule has 3 N–H and O–H groups in total. The first-order valence-corrected chi connectivity index (χ1v) is 35.6. The number of aliphatic hydroxyl groups is 1. The third-order valence-electron chi connectivity index (χ3n) is 14.3. The average Bonchev–Trinajstić information content (AvgIpc) is 3.43. The van der Waals surface area contributed by atoms with E-state index in [2.05, 4.69) is 34.6 Å². The highest BCUT2D eigenvalue weighted by Gasteiger charge is 2.30. The van der Waals surface area contributed by atoms with Gasteiger partial charge in [0, 0.05) is 25.7 Å². The number of ether oxygens (including phenoxy) is 4. The summed E-state index contributed by atoms with van der Waals surface area (Å²) in [5.41, 5.74) is 0. The molecule has 81 heavy (non-hydrogen) atoms. The predicted octanol–water partition coefficient (Wildman–Crippen LogP) is 17.0. The van der Waals surface area contributed by atoms with E-state index >= 15 is 0 Å². The number of rotatable bonds is 62. The molecule has 0 saturated carbocycles. The molecule has 0 aliphatic rings. The zero-order chi connectivity index (χ0) is 59.9. The van der Waals surface area contributed by atoms with Gasteiger partial charge in [-0.05, 0) is 31.6 Å². The second-order valence-corrected chi connectivity index (χ2v) is 25.8. The first-order valence-electron chi connectivity index (χ1n) is 32.6. The minimum absolute atomic E-state index is 0.105. The molecule has 0 bridgehead atoms. The Balaban J connectivity index is 5.18. The first kappa shape index (κ1) is 79.1. The molecule has 0 aromatic rings. The minimum Gasteiger partial charge on any atom is -0.462 e. The van der Waals surface area contributed by atoms with Crippen molar-refractivity contribution in [3.8, 4) is 0 Å². The fraction of sp³-hybridized carbons (Fsp3) is 0.935. The van der Waals surface area contributed by atoms with Crippen LogP contribution in [0.1, 0.15) is 311 Å². The average molecular weight is 1200 g/mol. The zero-order valence-corrected chi connectivity index (χ0v) is 53.7. The van der Waals surface area contributed by atoms with Crippen molar-refractivity contribution in [2.45, 2.75) is 329 Å². The molecule has 0 spiro atoms. The molecule has 5 atom stereocenters. The van der Waals surface area contributed by atoms with E-state index < -0.39 is 97.5 Å². The van der Waals surface area contributed by atoms with E-state index in [9.17, 15) is 43.2 Å². The van der Waals surface area contributed by atoms with E-state index in [1.807, 2.05) is 0 Å². The van der Waals surface area contributed by atoms with Gasteiger partial charge < -0.3 is 33.8 Å². The number of esters is 4. The molecule has 2 unspecified atom stereocenters. The quantitative estimate of drug-likeness (QED) is 0.0222. The summed E-state index contributed by atoms with van der Waals surface area (Å²) in [6.45, 7) is 7.08. The Labute approximate surface area is 492 Å². The molecule has 0 rings (SSSR count). The van der Waals surface area contributed by atoms with Gasteiger partial charge in [0.1, 0.15) is 19.3 Å². The summed E-state index contributed by atoms with van der Waals surface area (Å²) in [7, 11) is -9.87. The number of hydrogen-bond acceptors (Lipinski definition) is 15. The van der Waals surface area contributed by atoms with Gasteiger partial charge in [-0.15, -0.1) is 0 Å². The molecular formula is C62H120O17P2. The molecule has 0 fully saturated rings. The van der Waals surface area contributed by atoms with Gasteiger partial charge in [0.05, 0.1) is 26.4 Å². The van der Waals surface area contributed by atoms with Gasteiger partial charge >= 0.3 is 39.5 Å². The van der Waals surface area contributed by atoms with Crippen molar-refractivity contribution < 1.29 is 80.2 Å². The van der Waals surface area contributed by atoms with Crippen molar-refractivity contribution in [3.63, 3.8) is 0 Å².